The molecule has 1 aromatic rings. The second kappa shape index (κ2) is 11.4. The van der Waals surface area contributed by atoms with Crippen molar-refractivity contribution in [3.05, 3.63) is 43.7 Å². The van der Waals surface area contributed by atoms with Crippen LogP contribution in [0.25, 0.3) is 0 Å². The summed E-state index contributed by atoms with van der Waals surface area (Å²) in [5.74, 6) is -3.37. The maximum atomic E-state index is 13.5. The van der Waals surface area contributed by atoms with Crippen molar-refractivity contribution in [3.63, 3.8) is 0 Å². The van der Waals surface area contributed by atoms with Gasteiger partial charge in [-0.25, -0.2) is 13.8 Å². The van der Waals surface area contributed by atoms with Gasteiger partial charge in [0.1, 0.15) is 12.2 Å². The molecule has 0 saturated carbocycles. The average Bonchev–Trinajstić information content (AvgIpc) is 3.29. The van der Waals surface area contributed by atoms with E-state index in [0.717, 1.165) is 9.13 Å². The van der Waals surface area contributed by atoms with Crippen LogP contribution in [0.5, 0.6) is 0 Å². The van der Waals surface area contributed by atoms with Gasteiger partial charge in [0.15, 0.2) is 28.5 Å². The number of ether oxygens (including phenoxy) is 1. The molecule has 3 heterocycles. The minimum Gasteiger partial charge on any atom is -0.474 e. The third-order valence-corrected chi connectivity index (χ3v) is 19.2. The highest BCUT2D eigenvalue weighted by Crippen LogP contribution is 2.52. The smallest absolute Gasteiger partial charge is 0.394 e. The largest absolute Gasteiger partial charge is 0.474 e. The Morgan fingerprint density at radius 3 is 2.11 bits per heavy atom. The molecule has 1 spiro atoms. The van der Waals surface area contributed by atoms with Gasteiger partial charge in [-0.2, -0.15) is 8.42 Å². The van der Waals surface area contributed by atoms with Gasteiger partial charge in [0.25, 0.3) is 15.7 Å². The van der Waals surface area contributed by atoms with Gasteiger partial charge in [0, 0.05) is 18.8 Å². The Kier molecular flexibility index (Phi) is 9.37. The zero-order valence-electron chi connectivity index (χ0n) is 27.4. The standard InChI is InChI=1S/C27H45N3O11SSi2/c1-16-13-30(24(35)29(8)21(16)32)22-19(40-44(11,12)26(5,6)7)27(18(39-22)14-38-43(9,10)25(2,3)4)17(15-42(36,37)41-27)28-20(31)23(33)34/h13,15,18-19,22H,14H2,1-12H3,(H,28,31)(H,33,34)/t18-,19+,22-,27-/m1/s1. The molecule has 1 saturated heterocycles. The number of aliphatic carboxylic acids is 1. The molecular weight excluding hydrogens is 631 g/mol. The lowest BCUT2D eigenvalue weighted by Crippen LogP contribution is -2.60. The first-order valence-electron chi connectivity index (χ1n) is 14.2. The molecule has 0 radical (unpaired) electrons. The summed E-state index contributed by atoms with van der Waals surface area (Å²) in [6.45, 7) is 20.9. The average molecular weight is 676 g/mol. The SMILES string of the molecule is Cc1cn([C@@H]2O[C@H](CO[Si](C)(C)C(C)(C)C)[C@@]3(OS(=O)(=O)C=C3NC(=O)C(=O)O)[C@H]2O[Si](C)(C)C(C)(C)C)c(=O)n(C)c1=O. The van der Waals surface area contributed by atoms with Gasteiger partial charge in [-0.3, -0.25) is 18.7 Å². The predicted molar refractivity (Wildman–Crippen MR) is 166 cm³/mol. The Hall–Kier alpha value is -2.42. The molecule has 1 amide bonds. The van der Waals surface area contributed by atoms with Gasteiger partial charge in [0.2, 0.25) is 0 Å². The van der Waals surface area contributed by atoms with Crippen molar-refractivity contribution in [2.45, 2.75) is 109 Å². The number of amides is 1. The predicted octanol–water partition coefficient (Wildman–Crippen LogP) is 2.31. The zero-order chi connectivity index (χ0) is 34.0. The molecule has 17 heteroatoms. The second-order valence-electron chi connectivity index (χ2n) is 14.4. The van der Waals surface area contributed by atoms with E-state index in [1.54, 1.807) is 0 Å². The Bertz CT molecular complexity index is 1600. The van der Waals surface area contributed by atoms with E-state index in [2.05, 4.69) is 5.32 Å². The number of nitrogens with zero attached hydrogens (tertiary/aromatic N) is 2. The summed E-state index contributed by atoms with van der Waals surface area (Å²) in [4.78, 5) is 50.2. The highest BCUT2D eigenvalue weighted by Gasteiger charge is 2.68. The highest BCUT2D eigenvalue weighted by atomic mass is 32.2. The molecule has 1 aromatic heterocycles. The summed E-state index contributed by atoms with van der Waals surface area (Å²) in [5.41, 5.74) is -3.69. The van der Waals surface area contributed by atoms with Crippen molar-refractivity contribution in [2.75, 3.05) is 6.61 Å². The molecule has 14 nitrogen and oxygen atoms in total. The molecule has 0 bridgehead atoms. The van der Waals surface area contributed by atoms with Gasteiger partial charge in [-0.1, -0.05) is 41.5 Å². The lowest BCUT2D eigenvalue weighted by molar-refractivity contribution is -0.150. The van der Waals surface area contributed by atoms with Crippen molar-refractivity contribution >= 4 is 38.6 Å². The summed E-state index contributed by atoms with van der Waals surface area (Å²) < 4.78 is 53.9. The number of aromatic nitrogens is 2. The molecule has 0 aromatic carbocycles. The number of carboxylic acids is 1. The number of rotatable bonds is 7. The number of hydrogen-bond acceptors (Lipinski definition) is 10. The Balaban J connectivity index is 2.38. The number of aryl methyl sites for hydroxylation is 1. The van der Waals surface area contributed by atoms with Crippen molar-refractivity contribution in [2.24, 2.45) is 7.05 Å². The van der Waals surface area contributed by atoms with Crippen LogP contribution in [0, 0.1) is 6.92 Å². The van der Waals surface area contributed by atoms with Crippen molar-refractivity contribution in [1.29, 1.82) is 0 Å². The number of carboxylic acid groups (broad SMARTS) is 1. The van der Waals surface area contributed by atoms with E-state index >= 15 is 0 Å². The van der Waals surface area contributed by atoms with Crippen LogP contribution in [0.2, 0.25) is 36.3 Å². The van der Waals surface area contributed by atoms with Crippen LogP contribution in [0.4, 0.5) is 0 Å². The Morgan fingerprint density at radius 2 is 1.61 bits per heavy atom. The van der Waals surface area contributed by atoms with Crippen LogP contribution < -0.4 is 16.6 Å². The fourth-order valence-corrected chi connectivity index (χ4v) is 8.04. The molecule has 0 unspecified atom stereocenters. The topological polar surface area (TPSA) is 181 Å². The van der Waals surface area contributed by atoms with Crippen molar-refractivity contribution in [1.82, 2.24) is 14.5 Å². The van der Waals surface area contributed by atoms with Gasteiger partial charge >= 0.3 is 17.6 Å². The van der Waals surface area contributed by atoms with Gasteiger partial charge in [-0.15, -0.1) is 0 Å². The summed E-state index contributed by atoms with van der Waals surface area (Å²) in [5, 5.41) is 11.5. The van der Waals surface area contributed by atoms with E-state index in [-0.39, 0.29) is 17.2 Å². The van der Waals surface area contributed by atoms with E-state index in [9.17, 15) is 32.7 Å². The number of carbonyl (C=O) groups excluding carboxylic acids is 1. The summed E-state index contributed by atoms with van der Waals surface area (Å²) in [6.07, 6.45) is -2.83. The Morgan fingerprint density at radius 1 is 1.07 bits per heavy atom. The quantitative estimate of drug-likeness (QED) is 0.246. The maximum Gasteiger partial charge on any atom is 0.394 e. The van der Waals surface area contributed by atoms with Crippen molar-refractivity contribution < 1.29 is 40.9 Å². The molecule has 44 heavy (non-hydrogen) atoms. The molecule has 2 aliphatic rings. The zero-order valence-corrected chi connectivity index (χ0v) is 30.2. The number of carbonyl (C=O) groups is 2. The monoisotopic (exact) mass is 675 g/mol. The van der Waals surface area contributed by atoms with Gasteiger partial charge in [0.05, 0.1) is 17.7 Å². The fraction of sp³-hybridized carbons (Fsp3) is 0.704. The maximum absolute atomic E-state index is 13.5. The van der Waals surface area contributed by atoms with Crippen LogP contribution in [0.1, 0.15) is 53.3 Å². The highest BCUT2D eigenvalue weighted by molar-refractivity contribution is 7.90. The molecule has 2 N–H and O–H groups in total. The van der Waals surface area contributed by atoms with Crippen LogP contribution in [0.15, 0.2) is 26.9 Å². The Labute approximate surface area is 259 Å². The third kappa shape index (κ3) is 6.45. The van der Waals surface area contributed by atoms with Crippen LogP contribution in [0.3, 0.4) is 0 Å². The molecule has 1 fully saturated rings. The lowest BCUT2D eigenvalue weighted by atomic mass is 9.89. The van der Waals surface area contributed by atoms with E-state index in [1.165, 1.54) is 20.2 Å². The van der Waals surface area contributed by atoms with Crippen LogP contribution in [-0.4, -0.2) is 75.6 Å². The molecule has 4 atom stereocenters. The van der Waals surface area contributed by atoms with Gasteiger partial charge < -0.3 is 24.0 Å². The lowest BCUT2D eigenvalue weighted by Gasteiger charge is -2.44. The minimum absolute atomic E-state index is 0.201. The number of hydrogen-bond donors (Lipinski definition) is 2. The van der Waals surface area contributed by atoms with Gasteiger partial charge in [-0.05, 0) is 43.2 Å². The first-order chi connectivity index (χ1) is 19.7. The fourth-order valence-electron chi connectivity index (χ4n) is 4.51. The van der Waals surface area contributed by atoms with E-state index in [1.807, 2.05) is 67.7 Å². The molecule has 0 aliphatic carbocycles. The first kappa shape index (κ1) is 36.1. The summed E-state index contributed by atoms with van der Waals surface area (Å²) >= 11 is 0. The second-order valence-corrected chi connectivity index (χ2v) is 25.4. The van der Waals surface area contributed by atoms with E-state index in [0.29, 0.717) is 5.41 Å². The first-order valence-corrected chi connectivity index (χ1v) is 21.5. The molecule has 3 rings (SSSR count). The third-order valence-electron chi connectivity index (χ3n) is 9.23. The summed E-state index contributed by atoms with van der Waals surface area (Å²) in [7, 11) is -8.63. The summed E-state index contributed by atoms with van der Waals surface area (Å²) in [6, 6.07) is 0. The van der Waals surface area contributed by atoms with Crippen molar-refractivity contribution in [3.8, 4) is 0 Å². The molecule has 248 valence electrons. The van der Waals surface area contributed by atoms with E-state index < -0.39 is 84.7 Å². The molecule has 2 aliphatic heterocycles. The van der Waals surface area contributed by atoms with Crippen LogP contribution >= 0.6 is 0 Å². The van der Waals surface area contributed by atoms with E-state index in [4.69, 9.17) is 17.8 Å². The number of nitrogens with one attached hydrogen (secondary N) is 1. The normalized spacial score (nSPS) is 25.7. The van der Waals surface area contributed by atoms with Crippen LogP contribution in [-0.2, 0) is 44.5 Å². The minimum atomic E-state index is -4.54. The molecular formula is C27H45N3O11SSi2.